The normalized spacial score (nSPS) is 20.4. The molecule has 0 radical (unpaired) electrons. The van der Waals surface area contributed by atoms with Gasteiger partial charge in [-0.3, -0.25) is 0 Å². The van der Waals surface area contributed by atoms with Crippen LogP contribution in [-0.2, 0) is 4.84 Å². The van der Waals surface area contributed by atoms with E-state index in [4.69, 9.17) is 22.3 Å². The second-order valence-corrected chi connectivity index (χ2v) is 4.73. The summed E-state index contributed by atoms with van der Waals surface area (Å²) in [6, 6.07) is 6.04. The van der Waals surface area contributed by atoms with Crippen molar-refractivity contribution in [1.29, 1.82) is 0 Å². The molecule has 0 aliphatic carbocycles. The molecule has 88 valence electrons. The van der Waals surface area contributed by atoms with Gasteiger partial charge in [0.2, 0.25) is 0 Å². The summed E-state index contributed by atoms with van der Waals surface area (Å²) in [6.07, 6.45) is 1.13. The molecular weight excluding hydrogens is 224 g/mol. The molecular formula is C12H17ClN2O. The van der Waals surface area contributed by atoms with Crippen LogP contribution in [0.15, 0.2) is 18.2 Å². The van der Waals surface area contributed by atoms with Gasteiger partial charge in [-0.2, -0.15) is 0 Å². The number of nitrogens with two attached hydrogens (primary N) is 1. The SMILES string of the molecule is Cc1c(Cl)cccc1N1CCC(CON)C1. The fourth-order valence-corrected chi connectivity index (χ4v) is 2.43. The van der Waals surface area contributed by atoms with Crippen LogP contribution in [0.25, 0.3) is 0 Å². The average molecular weight is 241 g/mol. The number of halogens is 1. The number of hydrogen-bond acceptors (Lipinski definition) is 3. The van der Waals surface area contributed by atoms with E-state index in [-0.39, 0.29) is 0 Å². The van der Waals surface area contributed by atoms with Crippen molar-refractivity contribution in [2.24, 2.45) is 11.8 Å². The molecule has 0 saturated carbocycles. The first-order chi connectivity index (χ1) is 7.72. The number of nitrogens with zero attached hydrogens (tertiary/aromatic N) is 1. The zero-order chi connectivity index (χ0) is 11.5. The second kappa shape index (κ2) is 5.04. The van der Waals surface area contributed by atoms with Crippen molar-refractivity contribution >= 4 is 17.3 Å². The molecule has 16 heavy (non-hydrogen) atoms. The van der Waals surface area contributed by atoms with Gasteiger partial charge in [0.15, 0.2) is 0 Å². The predicted molar refractivity (Wildman–Crippen MR) is 66.6 cm³/mol. The minimum atomic E-state index is 0.531. The molecule has 3 nitrogen and oxygen atoms in total. The Labute approximate surface area is 101 Å². The standard InChI is InChI=1S/C12H17ClN2O/c1-9-11(13)3-2-4-12(9)15-6-5-10(7-15)8-16-14/h2-4,10H,5-8,14H2,1H3. The van der Waals surface area contributed by atoms with Crippen LogP contribution in [0.5, 0.6) is 0 Å². The van der Waals surface area contributed by atoms with E-state index in [9.17, 15) is 0 Å². The van der Waals surface area contributed by atoms with Gasteiger partial charge in [0.05, 0.1) is 6.61 Å². The lowest BCUT2D eigenvalue weighted by Gasteiger charge is -2.21. The highest BCUT2D eigenvalue weighted by Gasteiger charge is 2.23. The van der Waals surface area contributed by atoms with Crippen molar-refractivity contribution in [2.75, 3.05) is 24.6 Å². The number of rotatable bonds is 3. The van der Waals surface area contributed by atoms with Gasteiger partial charge in [0.25, 0.3) is 0 Å². The Morgan fingerprint density at radius 3 is 3.12 bits per heavy atom. The highest BCUT2D eigenvalue weighted by molar-refractivity contribution is 6.31. The lowest BCUT2D eigenvalue weighted by Crippen LogP contribution is -2.22. The Hall–Kier alpha value is -0.770. The third kappa shape index (κ3) is 2.32. The third-order valence-electron chi connectivity index (χ3n) is 3.20. The van der Waals surface area contributed by atoms with Crippen LogP contribution in [0.2, 0.25) is 5.02 Å². The Bertz CT molecular complexity index is 370. The van der Waals surface area contributed by atoms with Crippen molar-refractivity contribution in [3.63, 3.8) is 0 Å². The van der Waals surface area contributed by atoms with Gasteiger partial charge in [-0.1, -0.05) is 17.7 Å². The number of hydrogen-bond donors (Lipinski definition) is 1. The van der Waals surface area contributed by atoms with Crippen LogP contribution in [-0.4, -0.2) is 19.7 Å². The average Bonchev–Trinajstić information content (AvgIpc) is 2.71. The lowest BCUT2D eigenvalue weighted by molar-refractivity contribution is 0.108. The molecule has 1 unspecified atom stereocenters. The maximum Gasteiger partial charge on any atom is 0.0724 e. The van der Waals surface area contributed by atoms with Gasteiger partial charge in [-0.05, 0) is 31.0 Å². The summed E-state index contributed by atoms with van der Waals surface area (Å²) in [7, 11) is 0. The molecule has 2 rings (SSSR count). The first-order valence-electron chi connectivity index (χ1n) is 5.54. The van der Waals surface area contributed by atoms with Crippen molar-refractivity contribution in [1.82, 2.24) is 0 Å². The lowest BCUT2D eigenvalue weighted by atomic mass is 10.1. The zero-order valence-electron chi connectivity index (χ0n) is 9.45. The van der Waals surface area contributed by atoms with Crippen LogP contribution < -0.4 is 10.8 Å². The molecule has 2 N–H and O–H groups in total. The summed E-state index contributed by atoms with van der Waals surface area (Å²) in [5.74, 6) is 5.64. The second-order valence-electron chi connectivity index (χ2n) is 4.32. The molecule has 1 aliphatic rings. The van der Waals surface area contributed by atoms with Gasteiger partial charge >= 0.3 is 0 Å². The summed E-state index contributed by atoms with van der Waals surface area (Å²) in [5.41, 5.74) is 2.38. The molecule has 4 heteroatoms. The Morgan fingerprint density at radius 1 is 1.56 bits per heavy atom. The first-order valence-corrected chi connectivity index (χ1v) is 5.92. The minimum Gasteiger partial charge on any atom is -0.371 e. The van der Waals surface area contributed by atoms with E-state index in [1.54, 1.807) is 0 Å². The van der Waals surface area contributed by atoms with E-state index >= 15 is 0 Å². The van der Waals surface area contributed by atoms with Gasteiger partial charge in [-0.15, -0.1) is 0 Å². The topological polar surface area (TPSA) is 38.5 Å². The molecule has 1 aromatic rings. The molecule has 1 fully saturated rings. The van der Waals surface area contributed by atoms with Crippen LogP contribution in [0.3, 0.4) is 0 Å². The maximum absolute atomic E-state index is 6.12. The van der Waals surface area contributed by atoms with Crippen LogP contribution >= 0.6 is 11.6 Å². The van der Waals surface area contributed by atoms with Crippen molar-refractivity contribution in [3.05, 3.63) is 28.8 Å². The van der Waals surface area contributed by atoms with E-state index < -0.39 is 0 Å². The fraction of sp³-hybridized carbons (Fsp3) is 0.500. The van der Waals surface area contributed by atoms with E-state index in [2.05, 4.69) is 17.9 Å². The predicted octanol–water partition coefficient (Wildman–Crippen LogP) is 2.37. The number of benzene rings is 1. The van der Waals surface area contributed by atoms with Crippen LogP contribution in [0, 0.1) is 12.8 Å². The summed E-state index contributed by atoms with van der Waals surface area (Å²) in [4.78, 5) is 7.06. The number of anilines is 1. The van der Waals surface area contributed by atoms with E-state index in [1.165, 1.54) is 5.69 Å². The first kappa shape index (κ1) is 11.7. The molecule has 0 aromatic heterocycles. The van der Waals surface area contributed by atoms with Gasteiger partial charge in [0, 0.05) is 29.7 Å². The monoisotopic (exact) mass is 240 g/mol. The molecule has 0 bridgehead atoms. The van der Waals surface area contributed by atoms with E-state index in [0.717, 1.165) is 30.1 Å². The zero-order valence-corrected chi connectivity index (χ0v) is 10.2. The van der Waals surface area contributed by atoms with Crippen molar-refractivity contribution in [2.45, 2.75) is 13.3 Å². The third-order valence-corrected chi connectivity index (χ3v) is 3.61. The highest BCUT2D eigenvalue weighted by atomic mass is 35.5. The largest absolute Gasteiger partial charge is 0.371 e. The molecule has 0 spiro atoms. The smallest absolute Gasteiger partial charge is 0.0724 e. The minimum absolute atomic E-state index is 0.531. The maximum atomic E-state index is 6.12. The summed E-state index contributed by atoms with van der Waals surface area (Å²) < 4.78 is 0. The van der Waals surface area contributed by atoms with E-state index in [0.29, 0.717) is 12.5 Å². The van der Waals surface area contributed by atoms with Gasteiger partial charge < -0.3 is 9.74 Å². The van der Waals surface area contributed by atoms with Crippen molar-refractivity contribution in [3.8, 4) is 0 Å². The summed E-state index contributed by atoms with van der Waals surface area (Å²) in [5, 5.41) is 0.830. The van der Waals surface area contributed by atoms with Crippen molar-refractivity contribution < 1.29 is 4.84 Å². The van der Waals surface area contributed by atoms with Gasteiger partial charge in [-0.25, -0.2) is 5.90 Å². The van der Waals surface area contributed by atoms with Gasteiger partial charge in [0.1, 0.15) is 0 Å². The Kier molecular flexibility index (Phi) is 3.69. The van der Waals surface area contributed by atoms with E-state index in [1.807, 2.05) is 12.1 Å². The molecule has 1 heterocycles. The summed E-state index contributed by atoms with van der Waals surface area (Å²) >= 11 is 6.12. The molecule has 1 atom stereocenters. The molecule has 0 amide bonds. The van der Waals surface area contributed by atoms with Crippen LogP contribution in [0.1, 0.15) is 12.0 Å². The molecule has 1 saturated heterocycles. The summed E-state index contributed by atoms with van der Waals surface area (Å²) in [6.45, 7) is 4.74. The Balaban J connectivity index is 2.11. The molecule has 1 aromatic carbocycles. The quantitative estimate of drug-likeness (QED) is 0.825. The highest BCUT2D eigenvalue weighted by Crippen LogP contribution is 2.30. The fourth-order valence-electron chi connectivity index (χ4n) is 2.26. The van der Waals surface area contributed by atoms with Crippen LogP contribution in [0.4, 0.5) is 5.69 Å². The molecule has 1 aliphatic heterocycles. The Morgan fingerprint density at radius 2 is 2.38 bits per heavy atom.